The molecule has 1 aromatic heterocycles. The number of nitrogens with zero attached hydrogens (tertiary/aromatic N) is 4. The quantitative estimate of drug-likeness (QED) is 0.877. The molecule has 126 valence electrons. The number of aryl methyl sites for hydroxylation is 1. The van der Waals surface area contributed by atoms with Crippen molar-refractivity contribution in [3.63, 3.8) is 0 Å². The Bertz CT molecular complexity index is 1040. The van der Waals surface area contributed by atoms with Crippen LogP contribution in [-0.2, 0) is 17.9 Å². The summed E-state index contributed by atoms with van der Waals surface area (Å²) in [4.78, 5) is 36.4. The van der Waals surface area contributed by atoms with Gasteiger partial charge < -0.3 is 5.32 Å². The fraction of sp³-hybridized carbons (Fsp3) is 0.188. The van der Waals surface area contributed by atoms with E-state index in [0.29, 0.717) is 10.3 Å². The molecule has 1 heterocycles. The van der Waals surface area contributed by atoms with Crippen molar-refractivity contribution in [1.82, 2.24) is 9.13 Å². The molecule has 0 bridgehead atoms. The van der Waals surface area contributed by atoms with Crippen LogP contribution in [0.3, 0.4) is 0 Å². The molecule has 0 aliphatic heterocycles. The van der Waals surface area contributed by atoms with Gasteiger partial charge in [-0.05, 0) is 25.1 Å². The third-order valence-corrected chi connectivity index (χ3v) is 3.69. The van der Waals surface area contributed by atoms with Gasteiger partial charge in [0.15, 0.2) is 0 Å². The maximum Gasteiger partial charge on any atom is 0.331 e. The highest BCUT2D eigenvalue weighted by atomic mass is 35.5. The Labute approximate surface area is 147 Å². The first-order valence-corrected chi connectivity index (χ1v) is 7.53. The van der Waals surface area contributed by atoms with Crippen LogP contribution in [0.25, 0.3) is 0 Å². The summed E-state index contributed by atoms with van der Waals surface area (Å²) in [5.74, 6) is -0.641. The highest BCUT2D eigenvalue weighted by Crippen LogP contribution is 2.20. The van der Waals surface area contributed by atoms with Crippen LogP contribution in [0.1, 0.15) is 18.1 Å². The van der Waals surface area contributed by atoms with E-state index in [1.807, 2.05) is 6.07 Å². The fourth-order valence-electron chi connectivity index (χ4n) is 2.12. The third kappa shape index (κ3) is 3.77. The van der Waals surface area contributed by atoms with E-state index in [9.17, 15) is 14.4 Å². The summed E-state index contributed by atoms with van der Waals surface area (Å²) in [6, 6.07) is 7.89. The summed E-state index contributed by atoms with van der Waals surface area (Å²) < 4.78 is 1.87. The fourth-order valence-corrected chi connectivity index (χ4v) is 2.35. The molecule has 1 aromatic carbocycles. The number of carbonyl (C=O) groups excluding carboxylic acids is 1. The first-order chi connectivity index (χ1) is 11.9. The molecule has 0 aliphatic carbocycles. The SMILES string of the molecule is CCn1cc(C#N)c(=O)n(CC(=O)Nc2ccc(C#N)c(Cl)c2)c1=O. The number of rotatable bonds is 4. The molecule has 1 N–H and O–H groups in total. The molecule has 2 rings (SSSR count). The molecule has 0 aliphatic rings. The van der Waals surface area contributed by atoms with E-state index in [-0.39, 0.29) is 22.7 Å². The molecule has 1 amide bonds. The highest BCUT2D eigenvalue weighted by Gasteiger charge is 2.14. The Balaban J connectivity index is 2.31. The van der Waals surface area contributed by atoms with Crippen LogP contribution in [-0.4, -0.2) is 15.0 Å². The number of amides is 1. The van der Waals surface area contributed by atoms with Crippen molar-refractivity contribution in [1.29, 1.82) is 10.5 Å². The van der Waals surface area contributed by atoms with Crippen molar-refractivity contribution in [3.05, 3.63) is 61.4 Å². The monoisotopic (exact) mass is 357 g/mol. The smallest absolute Gasteiger partial charge is 0.324 e. The summed E-state index contributed by atoms with van der Waals surface area (Å²) in [5, 5.41) is 20.5. The molecule has 0 spiro atoms. The Morgan fingerprint density at radius 3 is 2.48 bits per heavy atom. The molecule has 2 aromatic rings. The second-order valence-electron chi connectivity index (χ2n) is 4.97. The summed E-state index contributed by atoms with van der Waals surface area (Å²) in [6.45, 7) is 1.38. The van der Waals surface area contributed by atoms with Crippen LogP contribution < -0.4 is 16.6 Å². The molecule has 9 heteroatoms. The Morgan fingerprint density at radius 1 is 1.24 bits per heavy atom. The van der Waals surface area contributed by atoms with Crippen LogP contribution in [0.5, 0.6) is 0 Å². The number of benzene rings is 1. The minimum absolute atomic E-state index is 0.164. The molecule has 0 unspecified atom stereocenters. The Morgan fingerprint density at radius 2 is 1.92 bits per heavy atom. The predicted octanol–water partition coefficient (Wildman–Crippen LogP) is 1.07. The lowest BCUT2D eigenvalue weighted by Gasteiger charge is -2.10. The number of hydrogen-bond donors (Lipinski definition) is 1. The second-order valence-corrected chi connectivity index (χ2v) is 5.38. The van der Waals surface area contributed by atoms with E-state index in [1.165, 1.54) is 29.0 Å². The lowest BCUT2D eigenvalue weighted by Crippen LogP contribution is -2.43. The first-order valence-electron chi connectivity index (χ1n) is 7.15. The van der Waals surface area contributed by atoms with Gasteiger partial charge in [-0.25, -0.2) is 9.36 Å². The molecule has 0 radical (unpaired) electrons. The molecular formula is C16H12ClN5O3. The number of halogens is 1. The van der Waals surface area contributed by atoms with E-state index >= 15 is 0 Å². The van der Waals surface area contributed by atoms with Crippen LogP contribution in [0.4, 0.5) is 5.69 Å². The maximum atomic E-state index is 12.2. The number of nitriles is 2. The van der Waals surface area contributed by atoms with Gasteiger partial charge in [0.25, 0.3) is 5.56 Å². The zero-order chi connectivity index (χ0) is 18.6. The minimum atomic E-state index is -0.829. The van der Waals surface area contributed by atoms with Crippen molar-refractivity contribution in [2.75, 3.05) is 5.32 Å². The lowest BCUT2D eigenvalue weighted by molar-refractivity contribution is -0.116. The van der Waals surface area contributed by atoms with Gasteiger partial charge in [0.1, 0.15) is 24.2 Å². The number of hydrogen-bond acceptors (Lipinski definition) is 5. The molecule has 25 heavy (non-hydrogen) atoms. The minimum Gasteiger partial charge on any atom is -0.324 e. The number of carbonyl (C=O) groups is 1. The van der Waals surface area contributed by atoms with Gasteiger partial charge in [-0.3, -0.25) is 14.2 Å². The van der Waals surface area contributed by atoms with E-state index in [4.69, 9.17) is 22.1 Å². The highest BCUT2D eigenvalue weighted by molar-refractivity contribution is 6.32. The molecule has 0 atom stereocenters. The summed E-state index contributed by atoms with van der Waals surface area (Å²) in [5.41, 5.74) is -1.17. The summed E-state index contributed by atoms with van der Waals surface area (Å²) >= 11 is 5.88. The average molecular weight is 358 g/mol. The topological polar surface area (TPSA) is 121 Å². The summed E-state index contributed by atoms with van der Waals surface area (Å²) in [7, 11) is 0. The van der Waals surface area contributed by atoms with Gasteiger partial charge in [0, 0.05) is 18.4 Å². The lowest BCUT2D eigenvalue weighted by atomic mass is 10.2. The van der Waals surface area contributed by atoms with Gasteiger partial charge in [0.2, 0.25) is 5.91 Å². The van der Waals surface area contributed by atoms with Crippen molar-refractivity contribution in [2.45, 2.75) is 20.0 Å². The second kappa shape index (κ2) is 7.47. The van der Waals surface area contributed by atoms with E-state index in [0.717, 1.165) is 0 Å². The van der Waals surface area contributed by atoms with Crippen LogP contribution in [0, 0.1) is 22.7 Å². The van der Waals surface area contributed by atoms with Gasteiger partial charge in [-0.2, -0.15) is 10.5 Å². The van der Waals surface area contributed by atoms with E-state index in [2.05, 4.69) is 5.32 Å². The van der Waals surface area contributed by atoms with Crippen molar-refractivity contribution in [3.8, 4) is 12.1 Å². The number of aromatic nitrogens is 2. The largest absolute Gasteiger partial charge is 0.331 e. The average Bonchev–Trinajstić information content (AvgIpc) is 2.59. The van der Waals surface area contributed by atoms with E-state index in [1.54, 1.807) is 13.0 Å². The number of nitrogens with one attached hydrogen (secondary N) is 1. The van der Waals surface area contributed by atoms with Crippen LogP contribution in [0.2, 0.25) is 5.02 Å². The zero-order valence-corrected chi connectivity index (χ0v) is 13.9. The molecular weight excluding hydrogens is 346 g/mol. The van der Waals surface area contributed by atoms with Crippen LogP contribution in [0.15, 0.2) is 34.0 Å². The van der Waals surface area contributed by atoms with E-state index < -0.39 is 23.7 Å². The Hall–Kier alpha value is -3.36. The number of anilines is 1. The van der Waals surface area contributed by atoms with Crippen molar-refractivity contribution in [2.24, 2.45) is 0 Å². The predicted molar refractivity (Wildman–Crippen MR) is 90.1 cm³/mol. The van der Waals surface area contributed by atoms with Crippen molar-refractivity contribution < 1.29 is 4.79 Å². The molecule has 0 saturated carbocycles. The maximum absolute atomic E-state index is 12.2. The van der Waals surface area contributed by atoms with Gasteiger partial charge >= 0.3 is 5.69 Å². The third-order valence-electron chi connectivity index (χ3n) is 3.37. The molecule has 0 fully saturated rings. The normalized spacial score (nSPS) is 9.92. The van der Waals surface area contributed by atoms with Crippen LogP contribution >= 0.6 is 11.6 Å². The summed E-state index contributed by atoms with van der Waals surface area (Å²) in [6.07, 6.45) is 1.17. The van der Waals surface area contributed by atoms with Gasteiger partial charge in [0.05, 0.1) is 10.6 Å². The zero-order valence-electron chi connectivity index (χ0n) is 13.1. The Kier molecular flexibility index (Phi) is 5.38. The van der Waals surface area contributed by atoms with Crippen molar-refractivity contribution >= 4 is 23.2 Å². The first kappa shape index (κ1) is 18.0. The molecule has 0 saturated heterocycles. The van der Waals surface area contributed by atoms with Gasteiger partial charge in [-0.15, -0.1) is 0 Å². The standard InChI is InChI=1S/C16H12ClN5O3/c1-2-21-8-11(7-19)15(24)22(16(21)25)9-14(23)20-12-4-3-10(6-18)13(17)5-12/h3-5,8H,2,9H2,1H3,(H,20,23). The van der Waals surface area contributed by atoms with Gasteiger partial charge in [-0.1, -0.05) is 11.6 Å². The molecule has 8 nitrogen and oxygen atoms in total.